The summed E-state index contributed by atoms with van der Waals surface area (Å²) in [5.41, 5.74) is 0.961. The highest BCUT2D eigenvalue weighted by atomic mass is 16.5. The first-order valence-electron chi connectivity index (χ1n) is 5.66. The highest BCUT2D eigenvalue weighted by molar-refractivity contribution is 5.95. The summed E-state index contributed by atoms with van der Waals surface area (Å²) in [4.78, 5) is 33.1. The predicted octanol–water partition coefficient (Wildman–Crippen LogP) is 1.18. The molecule has 0 aliphatic rings. The normalized spacial score (nSPS) is 9.61. The molecule has 0 aromatic heterocycles. The van der Waals surface area contributed by atoms with E-state index >= 15 is 0 Å². The lowest BCUT2D eigenvalue weighted by atomic mass is 10.1. The number of ether oxygens (including phenoxy) is 1. The van der Waals surface area contributed by atoms with Gasteiger partial charge in [-0.15, -0.1) is 0 Å². The van der Waals surface area contributed by atoms with Gasteiger partial charge in [0.05, 0.1) is 13.0 Å². The minimum absolute atomic E-state index is 0.145. The first kappa shape index (κ1) is 13.9. The summed E-state index contributed by atoms with van der Waals surface area (Å²) < 4.78 is 4.73. The Labute approximate surface area is 105 Å². The van der Waals surface area contributed by atoms with Crippen LogP contribution in [0.15, 0.2) is 24.3 Å². The Morgan fingerprint density at radius 3 is 2.50 bits per heavy atom. The van der Waals surface area contributed by atoms with Gasteiger partial charge in [0.25, 0.3) is 5.91 Å². The smallest absolute Gasteiger partial charge is 0.307 e. The molecular formula is C13H15NO4. The molecule has 96 valence electrons. The van der Waals surface area contributed by atoms with Gasteiger partial charge in [-0.3, -0.25) is 14.4 Å². The van der Waals surface area contributed by atoms with Crippen LogP contribution in [0.3, 0.4) is 0 Å². The number of rotatable bonds is 6. The van der Waals surface area contributed by atoms with Gasteiger partial charge in [0, 0.05) is 17.7 Å². The van der Waals surface area contributed by atoms with Crippen LogP contribution in [0.25, 0.3) is 0 Å². The standard InChI is InChI=1S/C13H15NO4/c1-2-18-12(16)7-8-14-13(17)11-5-3-10(9-15)4-6-11/h3-6,9H,2,7-8H2,1H3,(H,14,17). The molecule has 5 nitrogen and oxygen atoms in total. The summed E-state index contributed by atoms with van der Waals surface area (Å²) in [6, 6.07) is 6.24. The molecule has 0 atom stereocenters. The Balaban J connectivity index is 2.40. The Morgan fingerprint density at radius 1 is 1.28 bits per heavy atom. The van der Waals surface area contributed by atoms with Gasteiger partial charge in [0.2, 0.25) is 0 Å². The van der Waals surface area contributed by atoms with E-state index in [1.165, 1.54) is 0 Å². The molecule has 0 spiro atoms. The quantitative estimate of drug-likeness (QED) is 0.607. The van der Waals surface area contributed by atoms with Crippen molar-refractivity contribution < 1.29 is 19.1 Å². The van der Waals surface area contributed by atoms with Gasteiger partial charge in [0.1, 0.15) is 6.29 Å². The second kappa shape index (κ2) is 7.21. The average Bonchev–Trinajstić information content (AvgIpc) is 2.39. The molecule has 0 aliphatic heterocycles. The van der Waals surface area contributed by atoms with Crippen molar-refractivity contribution in [1.82, 2.24) is 5.32 Å². The fourth-order valence-electron chi connectivity index (χ4n) is 1.33. The molecule has 0 radical (unpaired) electrons. The molecule has 0 unspecified atom stereocenters. The maximum Gasteiger partial charge on any atom is 0.307 e. The molecule has 1 aromatic rings. The maximum absolute atomic E-state index is 11.6. The van der Waals surface area contributed by atoms with Crippen LogP contribution in [-0.4, -0.2) is 31.3 Å². The monoisotopic (exact) mass is 249 g/mol. The number of hydrogen-bond acceptors (Lipinski definition) is 4. The zero-order valence-corrected chi connectivity index (χ0v) is 10.1. The molecule has 1 amide bonds. The molecule has 5 heteroatoms. The first-order valence-corrected chi connectivity index (χ1v) is 5.66. The first-order chi connectivity index (χ1) is 8.67. The molecule has 18 heavy (non-hydrogen) atoms. The number of esters is 1. The van der Waals surface area contributed by atoms with Crippen molar-refractivity contribution in [3.63, 3.8) is 0 Å². The Morgan fingerprint density at radius 2 is 1.94 bits per heavy atom. The van der Waals surface area contributed by atoms with Crippen LogP contribution in [-0.2, 0) is 9.53 Å². The minimum atomic E-state index is -0.339. The van der Waals surface area contributed by atoms with Crippen LogP contribution in [0.1, 0.15) is 34.1 Å². The van der Waals surface area contributed by atoms with Gasteiger partial charge in [-0.25, -0.2) is 0 Å². The Hall–Kier alpha value is -2.17. The molecule has 1 rings (SSSR count). The van der Waals surface area contributed by atoms with Crippen LogP contribution in [0.2, 0.25) is 0 Å². The molecule has 1 N–H and O–H groups in total. The maximum atomic E-state index is 11.6. The zero-order chi connectivity index (χ0) is 13.4. The summed E-state index contributed by atoms with van der Waals surface area (Å²) in [5, 5.41) is 2.60. The molecule has 0 aliphatic carbocycles. The van der Waals surface area contributed by atoms with Crippen molar-refractivity contribution in [3.05, 3.63) is 35.4 Å². The van der Waals surface area contributed by atoms with Crippen molar-refractivity contribution >= 4 is 18.2 Å². The van der Waals surface area contributed by atoms with E-state index in [4.69, 9.17) is 4.74 Å². The van der Waals surface area contributed by atoms with Gasteiger partial charge < -0.3 is 10.1 Å². The lowest BCUT2D eigenvalue weighted by molar-refractivity contribution is -0.142. The largest absolute Gasteiger partial charge is 0.466 e. The Kier molecular flexibility index (Phi) is 5.57. The van der Waals surface area contributed by atoms with Gasteiger partial charge in [0.15, 0.2) is 0 Å². The topological polar surface area (TPSA) is 72.5 Å². The molecule has 0 fully saturated rings. The summed E-state index contributed by atoms with van der Waals surface area (Å²) >= 11 is 0. The van der Waals surface area contributed by atoms with Crippen LogP contribution in [0, 0.1) is 0 Å². The number of benzene rings is 1. The summed E-state index contributed by atoms with van der Waals surface area (Å²) in [6.07, 6.45) is 0.856. The third kappa shape index (κ3) is 4.37. The van der Waals surface area contributed by atoms with E-state index < -0.39 is 0 Å². The number of carbonyl (C=O) groups is 3. The molecule has 0 heterocycles. The van der Waals surface area contributed by atoms with E-state index in [1.54, 1.807) is 31.2 Å². The molecular weight excluding hydrogens is 234 g/mol. The predicted molar refractivity (Wildman–Crippen MR) is 65.4 cm³/mol. The lowest BCUT2D eigenvalue weighted by Gasteiger charge is -2.05. The van der Waals surface area contributed by atoms with Crippen molar-refractivity contribution in [1.29, 1.82) is 0 Å². The van der Waals surface area contributed by atoms with Crippen molar-refractivity contribution in [2.45, 2.75) is 13.3 Å². The van der Waals surface area contributed by atoms with E-state index in [2.05, 4.69) is 5.32 Å². The van der Waals surface area contributed by atoms with Crippen LogP contribution in [0.4, 0.5) is 0 Å². The number of nitrogens with one attached hydrogen (secondary N) is 1. The van der Waals surface area contributed by atoms with Gasteiger partial charge in [-0.2, -0.15) is 0 Å². The third-order valence-corrected chi connectivity index (χ3v) is 2.23. The second-order valence-electron chi connectivity index (χ2n) is 3.55. The third-order valence-electron chi connectivity index (χ3n) is 2.23. The lowest BCUT2D eigenvalue weighted by Crippen LogP contribution is -2.26. The minimum Gasteiger partial charge on any atom is -0.466 e. The number of amides is 1. The van der Waals surface area contributed by atoms with E-state index in [0.29, 0.717) is 24.0 Å². The van der Waals surface area contributed by atoms with E-state index in [9.17, 15) is 14.4 Å². The molecule has 0 saturated heterocycles. The number of hydrogen-bond donors (Lipinski definition) is 1. The van der Waals surface area contributed by atoms with E-state index in [1.807, 2.05) is 0 Å². The average molecular weight is 249 g/mol. The molecule has 0 bridgehead atoms. The van der Waals surface area contributed by atoms with Crippen molar-refractivity contribution in [3.8, 4) is 0 Å². The Bertz CT molecular complexity index is 425. The van der Waals surface area contributed by atoms with Gasteiger partial charge in [-0.1, -0.05) is 12.1 Å². The van der Waals surface area contributed by atoms with Crippen molar-refractivity contribution in [2.75, 3.05) is 13.2 Å². The van der Waals surface area contributed by atoms with Crippen LogP contribution in [0.5, 0.6) is 0 Å². The zero-order valence-electron chi connectivity index (χ0n) is 10.1. The van der Waals surface area contributed by atoms with Crippen LogP contribution >= 0.6 is 0 Å². The fraction of sp³-hybridized carbons (Fsp3) is 0.308. The summed E-state index contributed by atoms with van der Waals surface area (Å²) in [6.45, 7) is 2.29. The van der Waals surface area contributed by atoms with E-state index in [-0.39, 0.29) is 24.8 Å². The summed E-state index contributed by atoms with van der Waals surface area (Å²) in [5.74, 6) is -0.620. The highest BCUT2D eigenvalue weighted by Crippen LogP contribution is 2.02. The SMILES string of the molecule is CCOC(=O)CCNC(=O)c1ccc(C=O)cc1. The number of carbonyl (C=O) groups excluding carboxylic acids is 3. The van der Waals surface area contributed by atoms with E-state index in [0.717, 1.165) is 0 Å². The number of aldehydes is 1. The fourth-order valence-corrected chi connectivity index (χ4v) is 1.33. The van der Waals surface area contributed by atoms with Gasteiger partial charge in [-0.05, 0) is 19.1 Å². The summed E-state index contributed by atoms with van der Waals surface area (Å²) in [7, 11) is 0. The van der Waals surface area contributed by atoms with Crippen molar-refractivity contribution in [2.24, 2.45) is 0 Å². The van der Waals surface area contributed by atoms with Crippen LogP contribution < -0.4 is 5.32 Å². The van der Waals surface area contributed by atoms with Gasteiger partial charge >= 0.3 is 5.97 Å². The molecule has 1 aromatic carbocycles. The highest BCUT2D eigenvalue weighted by Gasteiger charge is 2.06. The molecule has 0 saturated carbocycles. The second-order valence-corrected chi connectivity index (χ2v) is 3.55.